The summed E-state index contributed by atoms with van der Waals surface area (Å²) in [5.74, 6) is -1.39. The molecule has 0 aliphatic heterocycles. The Morgan fingerprint density at radius 2 is 1.90 bits per heavy atom. The molecule has 0 spiro atoms. The Kier molecular flexibility index (Phi) is 3.92. The summed E-state index contributed by atoms with van der Waals surface area (Å²) in [6.45, 7) is 0.423. The van der Waals surface area contributed by atoms with Gasteiger partial charge >= 0.3 is 11.6 Å². The fourth-order valence-electron chi connectivity index (χ4n) is 1.75. The lowest BCUT2D eigenvalue weighted by molar-refractivity contribution is -0.156. The summed E-state index contributed by atoms with van der Waals surface area (Å²) in [4.78, 5) is 12.0. The number of aryl methyl sites for hydroxylation is 1. The Balaban J connectivity index is 2.22. The maximum absolute atomic E-state index is 14.7. The van der Waals surface area contributed by atoms with Crippen molar-refractivity contribution >= 4 is 5.97 Å². The van der Waals surface area contributed by atoms with Gasteiger partial charge < -0.3 is 4.74 Å². The van der Waals surface area contributed by atoms with Crippen LogP contribution in [-0.4, -0.2) is 5.97 Å². The minimum Gasteiger partial charge on any atom is -0.457 e. The van der Waals surface area contributed by atoms with Gasteiger partial charge in [-0.05, 0) is 12.5 Å². The average Bonchev–Trinajstić information content (AvgIpc) is 2.55. The lowest BCUT2D eigenvalue weighted by Crippen LogP contribution is -2.31. The molecule has 0 fully saturated rings. The molecule has 0 unspecified atom stereocenters. The number of nitriles is 1. The van der Waals surface area contributed by atoms with Crippen LogP contribution in [-0.2, 0) is 21.8 Å². The lowest BCUT2D eigenvalue weighted by Gasteiger charge is -2.16. The van der Waals surface area contributed by atoms with Crippen LogP contribution < -0.4 is 0 Å². The van der Waals surface area contributed by atoms with Gasteiger partial charge in [-0.3, -0.25) is 0 Å². The van der Waals surface area contributed by atoms with Crippen molar-refractivity contribution in [1.82, 2.24) is 0 Å². The first kappa shape index (κ1) is 13.3. The summed E-state index contributed by atoms with van der Waals surface area (Å²) >= 11 is 0. The SMILES string of the molecule is [2H][C@H](OC(=O)[C@@](F)(C#N)c1ccc(C)cc1)c1ccccc1. The highest BCUT2D eigenvalue weighted by Gasteiger charge is 2.43. The van der Waals surface area contributed by atoms with Gasteiger partial charge in [0.2, 0.25) is 0 Å². The predicted molar refractivity (Wildman–Crippen MR) is 75.8 cm³/mol. The second kappa shape index (κ2) is 6.19. The molecule has 2 atom stereocenters. The highest BCUT2D eigenvalue weighted by atomic mass is 19.1. The molecule has 106 valence electrons. The lowest BCUT2D eigenvalue weighted by atomic mass is 9.96. The molecule has 21 heavy (non-hydrogen) atoms. The highest BCUT2D eigenvalue weighted by Crippen LogP contribution is 2.27. The van der Waals surface area contributed by atoms with Gasteiger partial charge in [-0.2, -0.15) is 5.26 Å². The molecule has 0 N–H and O–H groups in total. The number of halogens is 1. The second-order valence-corrected chi connectivity index (χ2v) is 4.57. The zero-order chi connectivity index (χ0) is 16.2. The number of benzene rings is 2. The Morgan fingerprint density at radius 1 is 1.29 bits per heavy atom. The van der Waals surface area contributed by atoms with Crippen LogP contribution in [0.1, 0.15) is 18.1 Å². The summed E-state index contributed by atoms with van der Waals surface area (Å²) in [6.07, 6.45) is 0. The molecular formula is C17H14FNO2. The Hall–Kier alpha value is -2.67. The van der Waals surface area contributed by atoms with Gasteiger partial charge in [0.15, 0.2) is 0 Å². The molecule has 0 saturated heterocycles. The Bertz CT molecular complexity index is 697. The molecule has 0 aliphatic rings. The normalized spacial score (nSPS) is 15.2. The summed E-state index contributed by atoms with van der Waals surface area (Å²) in [6, 6.07) is 15.6. The number of hydrogen-bond donors (Lipinski definition) is 0. The molecule has 0 bridgehead atoms. The molecule has 2 aromatic carbocycles. The van der Waals surface area contributed by atoms with E-state index < -0.39 is 18.2 Å². The second-order valence-electron chi connectivity index (χ2n) is 4.57. The smallest absolute Gasteiger partial charge is 0.364 e. The molecule has 0 amide bonds. The Morgan fingerprint density at radius 3 is 2.48 bits per heavy atom. The average molecular weight is 284 g/mol. The summed E-state index contributed by atoms with van der Waals surface area (Å²) < 4.78 is 27.3. The summed E-state index contributed by atoms with van der Waals surface area (Å²) in [5, 5.41) is 9.07. The van der Waals surface area contributed by atoms with E-state index in [1.54, 1.807) is 42.5 Å². The van der Waals surface area contributed by atoms with Gasteiger partial charge in [-0.15, -0.1) is 0 Å². The number of nitrogens with zero attached hydrogens (tertiary/aromatic N) is 1. The fraction of sp³-hybridized carbons (Fsp3) is 0.176. The monoisotopic (exact) mass is 284 g/mol. The first-order valence-electron chi connectivity index (χ1n) is 6.90. The van der Waals surface area contributed by atoms with E-state index in [4.69, 9.17) is 11.4 Å². The maximum atomic E-state index is 14.7. The number of alkyl halides is 1. The van der Waals surface area contributed by atoms with Crippen LogP contribution in [0.25, 0.3) is 0 Å². The van der Waals surface area contributed by atoms with E-state index in [0.29, 0.717) is 5.56 Å². The standard InChI is InChI=1S/C17H14FNO2/c1-13-7-9-15(10-8-13)17(18,12-19)16(20)21-11-14-5-3-2-4-6-14/h2-10H,11H2,1H3/t17-/m1/s1/i11D/t11-,17+/m0. The number of hydrogen-bond acceptors (Lipinski definition) is 3. The third-order valence-corrected chi connectivity index (χ3v) is 2.99. The van der Waals surface area contributed by atoms with Crippen LogP contribution >= 0.6 is 0 Å². The molecule has 0 aromatic heterocycles. The van der Waals surface area contributed by atoms with E-state index in [0.717, 1.165) is 5.56 Å². The number of esters is 1. The van der Waals surface area contributed by atoms with Crippen LogP contribution in [0.15, 0.2) is 54.6 Å². The number of carbonyl (C=O) groups is 1. The van der Waals surface area contributed by atoms with Crippen LogP contribution in [0, 0.1) is 18.3 Å². The molecule has 0 saturated carbocycles. The van der Waals surface area contributed by atoms with Crippen LogP contribution in [0.4, 0.5) is 4.39 Å². The molecular weight excluding hydrogens is 269 g/mol. The summed E-state index contributed by atoms with van der Waals surface area (Å²) in [7, 11) is 0. The largest absolute Gasteiger partial charge is 0.457 e. The van der Waals surface area contributed by atoms with Gasteiger partial charge in [0.25, 0.3) is 0 Å². The molecule has 2 rings (SSSR count). The van der Waals surface area contributed by atoms with Crippen molar-refractivity contribution in [2.45, 2.75) is 19.2 Å². The first-order valence-corrected chi connectivity index (χ1v) is 6.33. The quantitative estimate of drug-likeness (QED) is 0.808. The third-order valence-electron chi connectivity index (χ3n) is 2.99. The van der Waals surface area contributed by atoms with Crippen molar-refractivity contribution in [3.05, 3.63) is 71.3 Å². The molecule has 0 aliphatic carbocycles. The molecule has 3 nitrogen and oxygen atoms in total. The molecule has 0 radical (unpaired) electrons. The molecule has 0 heterocycles. The highest BCUT2D eigenvalue weighted by molar-refractivity contribution is 5.84. The van der Waals surface area contributed by atoms with E-state index in [9.17, 15) is 9.18 Å². The number of rotatable bonds is 4. The van der Waals surface area contributed by atoms with E-state index in [1.165, 1.54) is 18.2 Å². The zero-order valence-electron chi connectivity index (χ0n) is 12.4. The zero-order valence-corrected chi connectivity index (χ0v) is 11.4. The van der Waals surface area contributed by atoms with Crippen LogP contribution in [0.2, 0.25) is 0 Å². The topological polar surface area (TPSA) is 50.1 Å². The van der Waals surface area contributed by atoms with Gasteiger partial charge in [0.05, 0.1) is 1.37 Å². The van der Waals surface area contributed by atoms with E-state index in [2.05, 4.69) is 0 Å². The minimum absolute atomic E-state index is 0.106. The molecule has 2 aromatic rings. The van der Waals surface area contributed by atoms with Gasteiger partial charge in [0, 0.05) is 5.56 Å². The summed E-state index contributed by atoms with van der Waals surface area (Å²) in [5.41, 5.74) is -1.76. The number of ether oxygens (including phenoxy) is 1. The first-order chi connectivity index (χ1) is 10.5. The van der Waals surface area contributed by atoms with Gasteiger partial charge in [-0.25, -0.2) is 9.18 Å². The van der Waals surface area contributed by atoms with Crippen LogP contribution in [0.5, 0.6) is 0 Å². The maximum Gasteiger partial charge on any atom is 0.364 e. The van der Waals surface area contributed by atoms with Crippen molar-refractivity contribution in [2.24, 2.45) is 0 Å². The van der Waals surface area contributed by atoms with Gasteiger partial charge in [0.1, 0.15) is 12.7 Å². The van der Waals surface area contributed by atoms with E-state index in [-0.39, 0.29) is 5.56 Å². The fourth-order valence-corrected chi connectivity index (χ4v) is 1.75. The predicted octanol–water partition coefficient (Wildman–Crippen LogP) is 3.43. The van der Waals surface area contributed by atoms with Crippen molar-refractivity contribution in [3.63, 3.8) is 0 Å². The molecule has 4 heteroatoms. The van der Waals surface area contributed by atoms with Crippen molar-refractivity contribution < 1.29 is 15.3 Å². The number of carbonyl (C=O) groups excluding carboxylic acids is 1. The van der Waals surface area contributed by atoms with E-state index in [1.807, 2.05) is 6.92 Å². The Labute approximate surface area is 124 Å². The van der Waals surface area contributed by atoms with Crippen LogP contribution in [0.3, 0.4) is 0 Å². The van der Waals surface area contributed by atoms with Crippen molar-refractivity contribution in [3.8, 4) is 6.07 Å². The third kappa shape index (κ3) is 3.26. The van der Waals surface area contributed by atoms with Crippen molar-refractivity contribution in [2.75, 3.05) is 0 Å². The van der Waals surface area contributed by atoms with Crippen molar-refractivity contribution in [1.29, 1.82) is 5.26 Å². The minimum atomic E-state index is -2.93. The van der Waals surface area contributed by atoms with E-state index >= 15 is 0 Å². The van der Waals surface area contributed by atoms with Gasteiger partial charge in [-0.1, -0.05) is 60.2 Å².